The Labute approximate surface area is 109 Å². The number of hydrogen-bond donors (Lipinski definition) is 1. The average molecular weight is 258 g/mol. The molecule has 0 atom stereocenters. The molecule has 19 heavy (non-hydrogen) atoms. The van der Waals surface area contributed by atoms with Crippen LogP contribution in [0.15, 0.2) is 30.0 Å². The Balaban J connectivity index is 2.47. The van der Waals surface area contributed by atoms with E-state index in [-0.39, 0.29) is 18.0 Å². The fourth-order valence-corrected chi connectivity index (χ4v) is 1.74. The minimum Gasteiger partial charge on any atom is -0.462 e. The summed E-state index contributed by atoms with van der Waals surface area (Å²) in [4.78, 5) is 14.4. The molecule has 96 valence electrons. The Morgan fingerprint density at radius 2 is 2.37 bits per heavy atom. The van der Waals surface area contributed by atoms with Crippen molar-refractivity contribution in [2.75, 3.05) is 6.61 Å². The van der Waals surface area contributed by atoms with Gasteiger partial charge in [0.05, 0.1) is 6.61 Å². The molecule has 1 aromatic heterocycles. The topological polar surface area (TPSA) is 65.9 Å². The van der Waals surface area contributed by atoms with Gasteiger partial charge in [-0.15, -0.1) is 0 Å². The summed E-state index contributed by atoms with van der Waals surface area (Å²) in [6.07, 6.45) is 3.00. The van der Waals surface area contributed by atoms with Crippen LogP contribution in [0.25, 0.3) is 17.0 Å². The molecular formula is C14H11FN2O2. The molecule has 2 aromatic rings. The van der Waals surface area contributed by atoms with Gasteiger partial charge in [-0.25, -0.2) is 9.18 Å². The van der Waals surface area contributed by atoms with Crippen LogP contribution in [-0.4, -0.2) is 17.6 Å². The van der Waals surface area contributed by atoms with E-state index in [1.54, 1.807) is 25.3 Å². The summed E-state index contributed by atoms with van der Waals surface area (Å²) in [6.45, 7) is 1.86. The first-order chi connectivity index (χ1) is 9.15. The van der Waals surface area contributed by atoms with Gasteiger partial charge in [-0.2, -0.15) is 5.26 Å². The monoisotopic (exact) mass is 258 g/mol. The van der Waals surface area contributed by atoms with Crippen molar-refractivity contribution >= 4 is 22.9 Å². The fraction of sp³-hybridized carbons (Fsp3) is 0.143. The predicted molar refractivity (Wildman–Crippen MR) is 68.5 cm³/mol. The normalized spacial score (nSPS) is 11.3. The summed E-state index contributed by atoms with van der Waals surface area (Å²) in [5.41, 5.74) is 1.18. The number of nitrogens with zero attached hydrogens (tertiary/aromatic N) is 1. The number of esters is 1. The lowest BCUT2D eigenvalue weighted by Crippen LogP contribution is -2.05. The van der Waals surface area contributed by atoms with E-state index in [0.717, 1.165) is 5.52 Å². The quantitative estimate of drug-likeness (QED) is 0.523. The first kappa shape index (κ1) is 12.8. The molecule has 1 N–H and O–H groups in total. The number of aromatic nitrogens is 1. The zero-order valence-corrected chi connectivity index (χ0v) is 10.2. The van der Waals surface area contributed by atoms with Gasteiger partial charge in [0.1, 0.15) is 17.5 Å². The summed E-state index contributed by atoms with van der Waals surface area (Å²) < 4.78 is 18.0. The number of rotatable bonds is 3. The highest BCUT2D eigenvalue weighted by Gasteiger charge is 2.11. The van der Waals surface area contributed by atoms with E-state index >= 15 is 0 Å². The van der Waals surface area contributed by atoms with E-state index in [4.69, 9.17) is 10.00 Å². The third kappa shape index (κ3) is 2.63. The second-order valence-electron chi connectivity index (χ2n) is 3.82. The zero-order chi connectivity index (χ0) is 13.8. The van der Waals surface area contributed by atoms with Crippen LogP contribution in [0.4, 0.5) is 4.39 Å². The summed E-state index contributed by atoms with van der Waals surface area (Å²) >= 11 is 0. The molecule has 1 aromatic carbocycles. The fourth-order valence-electron chi connectivity index (χ4n) is 1.74. The van der Waals surface area contributed by atoms with Gasteiger partial charge >= 0.3 is 5.97 Å². The molecule has 4 nitrogen and oxygen atoms in total. The lowest BCUT2D eigenvalue weighted by Gasteiger charge is -1.99. The Hall–Kier alpha value is -2.61. The number of halogens is 1. The molecule has 5 heteroatoms. The Kier molecular flexibility index (Phi) is 3.62. The largest absolute Gasteiger partial charge is 0.462 e. The molecule has 0 aliphatic rings. The number of carbonyl (C=O) groups is 1. The van der Waals surface area contributed by atoms with Gasteiger partial charge < -0.3 is 9.72 Å². The third-order valence-electron chi connectivity index (χ3n) is 2.59. The van der Waals surface area contributed by atoms with Crippen molar-refractivity contribution < 1.29 is 13.9 Å². The van der Waals surface area contributed by atoms with Crippen LogP contribution in [-0.2, 0) is 9.53 Å². The standard InChI is InChI=1S/C14H11FN2O2/c1-2-19-14(18)9(7-16)5-10-8-17-13-4-3-11(15)6-12(10)13/h3-6,8,17H,2H2,1H3/b9-5-. The molecule has 1 heterocycles. The van der Waals surface area contributed by atoms with Gasteiger partial charge in [0.2, 0.25) is 0 Å². The summed E-state index contributed by atoms with van der Waals surface area (Å²) in [7, 11) is 0. The second-order valence-corrected chi connectivity index (χ2v) is 3.82. The van der Waals surface area contributed by atoms with E-state index in [2.05, 4.69) is 4.98 Å². The van der Waals surface area contributed by atoms with Crippen molar-refractivity contribution in [3.63, 3.8) is 0 Å². The minimum atomic E-state index is -0.684. The van der Waals surface area contributed by atoms with E-state index in [1.165, 1.54) is 18.2 Å². The molecule has 0 fully saturated rings. The lowest BCUT2D eigenvalue weighted by molar-refractivity contribution is -0.137. The van der Waals surface area contributed by atoms with Crippen molar-refractivity contribution in [1.82, 2.24) is 4.98 Å². The van der Waals surface area contributed by atoms with Gasteiger partial charge in [-0.3, -0.25) is 0 Å². The number of hydrogen-bond acceptors (Lipinski definition) is 3. The Morgan fingerprint density at radius 3 is 3.05 bits per heavy atom. The number of benzene rings is 1. The number of fused-ring (bicyclic) bond motifs is 1. The van der Waals surface area contributed by atoms with Crippen molar-refractivity contribution in [2.24, 2.45) is 0 Å². The first-order valence-corrected chi connectivity index (χ1v) is 5.71. The van der Waals surface area contributed by atoms with Gasteiger partial charge in [-0.05, 0) is 31.2 Å². The molecular weight excluding hydrogens is 247 g/mol. The van der Waals surface area contributed by atoms with Crippen molar-refractivity contribution in [3.05, 3.63) is 41.3 Å². The van der Waals surface area contributed by atoms with Crippen LogP contribution < -0.4 is 0 Å². The number of H-pyrrole nitrogens is 1. The molecule has 0 unspecified atom stereocenters. The molecule has 0 spiro atoms. The number of nitriles is 1. The summed E-state index contributed by atoms with van der Waals surface area (Å²) in [6, 6.07) is 6.06. The maximum Gasteiger partial charge on any atom is 0.348 e. The number of aromatic amines is 1. The van der Waals surface area contributed by atoms with Gasteiger partial charge in [0.25, 0.3) is 0 Å². The number of nitrogens with one attached hydrogen (secondary N) is 1. The molecule has 0 aliphatic heterocycles. The molecule has 0 saturated heterocycles. The molecule has 0 amide bonds. The molecule has 0 radical (unpaired) electrons. The minimum absolute atomic E-state index is 0.119. The van der Waals surface area contributed by atoms with Crippen LogP contribution in [0.1, 0.15) is 12.5 Å². The van der Waals surface area contributed by atoms with E-state index in [1.807, 2.05) is 0 Å². The lowest BCUT2D eigenvalue weighted by atomic mass is 10.1. The van der Waals surface area contributed by atoms with E-state index < -0.39 is 5.97 Å². The van der Waals surface area contributed by atoms with E-state index in [9.17, 15) is 9.18 Å². The van der Waals surface area contributed by atoms with Crippen molar-refractivity contribution in [1.29, 1.82) is 5.26 Å². The molecule has 0 bridgehead atoms. The second kappa shape index (κ2) is 5.36. The maximum absolute atomic E-state index is 13.2. The number of ether oxygens (including phenoxy) is 1. The third-order valence-corrected chi connectivity index (χ3v) is 2.59. The number of carbonyl (C=O) groups excluding carboxylic acids is 1. The van der Waals surface area contributed by atoms with Gasteiger partial charge in [0, 0.05) is 22.7 Å². The highest BCUT2D eigenvalue weighted by Crippen LogP contribution is 2.21. The molecule has 2 rings (SSSR count). The van der Waals surface area contributed by atoms with Crippen LogP contribution in [0, 0.1) is 17.1 Å². The first-order valence-electron chi connectivity index (χ1n) is 5.71. The van der Waals surface area contributed by atoms with Gasteiger partial charge in [0.15, 0.2) is 0 Å². The Morgan fingerprint density at radius 1 is 1.58 bits per heavy atom. The van der Waals surface area contributed by atoms with Crippen molar-refractivity contribution in [3.8, 4) is 6.07 Å². The molecule has 0 saturated carbocycles. The van der Waals surface area contributed by atoms with E-state index in [0.29, 0.717) is 10.9 Å². The van der Waals surface area contributed by atoms with Crippen LogP contribution in [0.3, 0.4) is 0 Å². The highest BCUT2D eigenvalue weighted by molar-refractivity contribution is 6.01. The molecule has 0 aliphatic carbocycles. The van der Waals surface area contributed by atoms with Crippen molar-refractivity contribution in [2.45, 2.75) is 6.92 Å². The zero-order valence-electron chi connectivity index (χ0n) is 10.2. The highest BCUT2D eigenvalue weighted by atomic mass is 19.1. The maximum atomic E-state index is 13.2. The average Bonchev–Trinajstić information content (AvgIpc) is 2.78. The smallest absolute Gasteiger partial charge is 0.348 e. The summed E-state index contributed by atoms with van der Waals surface area (Å²) in [5, 5.41) is 9.55. The van der Waals surface area contributed by atoms with Gasteiger partial charge in [-0.1, -0.05) is 0 Å². The summed E-state index contributed by atoms with van der Waals surface area (Å²) in [5.74, 6) is -1.06. The Bertz CT molecular complexity index is 695. The predicted octanol–water partition coefficient (Wildman–Crippen LogP) is 2.78. The van der Waals surface area contributed by atoms with Crippen LogP contribution in [0.5, 0.6) is 0 Å². The van der Waals surface area contributed by atoms with Crippen LogP contribution >= 0.6 is 0 Å². The van der Waals surface area contributed by atoms with Crippen LogP contribution in [0.2, 0.25) is 0 Å². The SMILES string of the molecule is CCOC(=O)/C(C#N)=C\c1c[nH]c2ccc(F)cc12.